The van der Waals surface area contributed by atoms with E-state index in [9.17, 15) is 0 Å². The lowest BCUT2D eigenvalue weighted by Gasteiger charge is -2.25. The molecule has 0 radical (unpaired) electrons. The summed E-state index contributed by atoms with van der Waals surface area (Å²) in [6.45, 7) is 5.58. The van der Waals surface area contributed by atoms with Gasteiger partial charge in [0.1, 0.15) is 0 Å². The highest BCUT2D eigenvalue weighted by Gasteiger charge is 2.33. The molecule has 2 aliphatic heterocycles. The zero-order valence-electron chi connectivity index (χ0n) is 10.3. The maximum Gasteiger partial charge on any atom is 0.157 e. The summed E-state index contributed by atoms with van der Waals surface area (Å²) >= 11 is 3.99. The molecule has 0 aromatic heterocycles. The van der Waals surface area contributed by atoms with Crippen LogP contribution in [-0.2, 0) is 0 Å². The number of nitrogens with zero attached hydrogens (tertiary/aromatic N) is 1. The predicted molar refractivity (Wildman–Crippen MR) is 76.6 cm³/mol. The van der Waals surface area contributed by atoms with Crippen LogP contribution in [0, 0.1) is 5.92 Å². The van der Waals surface area contributed by atoms with E-state index in [1.807, 2.05) is 11.8 Å². The van der Waals surface area contributed by atoms with Crippen LogP contribution in [0.1, 0.15) is 33.1 Å². The molecule has 92 valence electrons. The first-order valence-electron chi connectivity index (χ1n) is 6.31. The van der Waals surface area contributed by atoms with Crippen molar-refractivity contribution in [2.75, 3.05) is 23.8 Å². The highest BCUT2D eigenvalue weighted by atomic mass is 32.2. The summed E-state index contributed by atoms with van der Waals surface area (Å²) in [5, 5.41) is 4.83. The van der Waals surface area contributed by atoms with Gasteiger partial charge in [-0.15, -0.1) is 0 Å². The van der Waals surface area contributed by atoms with E-state index in [0.29, 0.717) is 5.54 Å². The Morgan fingerprint density at radius 2 is 2.25 bits per heavy atom. The fourth-order valence-electron chi connectivity index (χ4n) is 2.16. The van der Waals surface area contributed by atoms with E-state index in [1.54, 1.807) is 0 Å². The van der Waals surface area contributed by atoms with Crippen molar-refractivity contribution in [3.63, 3.8) is 0 Å². The molecule has 2 aliphatic rings. The lowest BCUT2D eigenvalue weighted by molar-refractivity contribution is 0.407. The molecule has 0 aliphatic carbocycles. The molecular formula is C12H22N2S2. The third-order valence-electron chi connectivity index (χ3n) is 3.73. The van der Waals surface area contributed by atoms with Crippen LogP contribution in [0.5, 0.6) is 0 Å². The van der Waals surface area contributed by atoms with Crippen molar-refractivity contribution in [3.05, 3.63) is 0 Å². The third kappa shape index (κ3) is 2.89. The molecule has 2 heterocycles. The molecule has 0 aromatic carbocycles. The summed E-state index contributed by atoms with van der Waals surface area (Å²) in [5.41, 5.74) is 0.327. The van der Waals surface area contributed by atoms with Crippen LogP contribution in [-0.4, -0.2) is 34.5 Å². The van der Waals surface area contributed by atoms with Crippen LogP contribution in [0.2, 0.25) is 0 Å². The Labute approximate surface area is 107 Å². The molecule has 0 amide bonds. The lowest BCUT2D eigenvalue weighted by Crippen LogP contribution is -2.42. The SMILES string of the molecule is CCC1(CC)CSC(=NCC2CCSC2)N1. The van der Waals surface area contributed by atoms with Crippen LogP contribution in [0.25, 0.3) is 0 Å². The first kappa shape index (κ1) is 12.6. The maximum absolute atomic E-state index is 4.75. The lowest BCUT2D eigenvalue weighted by atomic mass is 9.96. The van der Waals surface area contributed by atoms with Crippen molar-refractivity contribution in [2.45, 2.75) is 38.6 Å². The summed E-state index contributed by atoms with van der Waals surface area (Å²) in [4.78, 5) is 4.75. The molecule has 2 rings (SSSR count). The minimum absolute atomic E-state index is 0.327. The topological polar surface area (TPSA) is 24.4 Å². The second kappa shape index (κ2) is 5.67. The van der Waals surface area contributed by atoms with E-state index in [0.717, 1.165) is 12.5 Å². The fourth-order valence-corrected chi connectivity index (χ4v) is 4.78. The van der Waals surface area contributed by atoms with Crippen LogP contribution in [0.4, 0.5) is 0 Å². The van der Waals surface area contributed by atoms with E-state index in [2.05, 4.69) is 30.9 Å². The summed E-state index contributed by atoms with van der Waals surface area (Å²) in [5.74, 6) is 4.68. The number of nitrogens with one attached hydrogen (secondary N) is 1. The Hall–Kier alpha value is 0.170. The minimum Gasteiger partial charge on any atom is -0.359 e. The Balaban J connectivity index is 1.84. The molecule has 2 fully saturated rings. The number of hydrogen-bond acceptors (Lipinski definition) is 3. The highest BCUT2D eigenvalue weighted by Crippen LogP contribution is 2.29. The van der Waals surface area contributed by atoms with Crippen molar-refractivity contribution in [1.29, 1.82) is 0 Å². The van der Waals surface area contributed by atoms with Crippen LogP contribution < -0.4 is 5.32 Å². The number of amidine groups is 1. The first-order chi connectivity index (χ1) is 7.78. The van der Waals surface area contributed by atoms with Crippen LogP contribution in [0.15, 0.2) is 4.99 Å². The van der Waals surface area contributed by atoms with Gasteiger partial charge in [0.05, 0.1) is 0 Å². The number of hydrogen-bond donors (Lipinski definition) is 1. The molecule has 16 heavy (non-hydrogen) atoms. The number of rotatable bonds is 4. The average molecular weight is 258 g/mol. The molecule has 2 nitrogen and oxygen atoms in total. The molecule has 0 saturated carbocycles. The van der Waals surface area contributed by atoms with Gasteiger partial charge in [-0.25, -0.2) is 0 Å². The standard InChI is InChI=1S/C12H22N2S2/c1-3-12(4-2)9-16-11(14-12)13-7-10-5-6-15-8-10/h10H,3-9H2,1-2H3,(H,13,14). The van der Waals surface area contributed by atoms with Crippen molar-refractivity contribution in [1.82, 2.24) is 5.32 Å². The maximum atomic E-state index is 4.75. The van der Waals surface area contributed by atoms with Gasteiger partial charge in [0.15, 0.2) is 5.17 Å². The normalized spacial score (nSPS) is 30.9. The van der Waals surface area contributed by atoms with Gasteiger partial charge in [0.25, 0.3) is 0 Å². The molecule has 2 saturated heterocycles. The first-order valence-corrected chi connectivity index (χ1v) is 8.45. The van der Waals surface area contributed by atoms with E-state index in [4.69, 9.17) is 4.99 Å². The van der Waals surface area contributed by atoms with Gasteiger partial charge in [-0.05, 0) is 36.7 Å². The summed E-state index contributed by atoms with van der Waals surface area (Å²) < 4.78 is 0. The van der Waals surface area contributed by atoms with E-state index in [1.165, 1.54) is 41.7 Å². The second-order valence-corrected chi connectivity index (χ2v) is 6.89. The van der Waals surface area contributed by atoms with E-state index < -0.39 is 0 Å². The van der Waals surface area contributed by atoms with Crippen LogP contribution in [0.3, 0.4) is 0 Å². The molecule has 4 heteroatoms. The number of thioether (sulfide) groups is 2. The zero-order valence-corrected chi connectivity index (χ0v) is 11.9. The second-order valence-electron chi connectivity index (χ2n) is 4.78. The Morgan fingerprint density at radius 1 is 1.44 bits per heavy atom. The largest absolute Gasteiger partial charge is 0.359 e. The molecule has 1 unspecified atom stereocenters. The van der Waals surface area contributed by atoms with Gasteiger partial charge in [0.2, 0.25) is 0 Å². The summed E-state index contributed by atoms with van der Waals surface area (Å²) in [7, 11) is 0. The summed E-state index contributed by atoms with van der Waals surface area (Å²) in [6, 6.07) is 0. The van der Waals surface area contributed by atoms with E-state index in [-0.39, 0.29) is 0 Å². The van der Waals surface area contributed by atoms with Gasteiger partial charge in [-0.2, -0.15) is 11.8 Å². The predicted octanol–water partition coefficient (Wildman–Crippen LogP) is 2.99. The molecule has 1 atom stereocenters. The van der Waals surface area contributed by atoms with E-state index >= 15 is 0 Å². The van der Waals surface area contributed by atoms with Crippen molar-refractivity contribution >= 4 is 28.7 Å². The highest BCUT2D eigenvalue weighted by molar-refractivity contribution is 8.14. The molecular weight excluding hydrogens is 236 g/mol. The fraction of sp³-hybridized carbons (Fsp3) is 0.917. The summed E-state index contributed by atoms with van der Waals surface area (Å²) in [6.07, 6.45) is 3.77. The molecule has 0 spiro atoms. The third-order valence-corrected chi connectivity index (χ3v) is 6.16. The molecule has 1 N–H and O–H groups in total. The van der Waals surface area contributed by atoms with Crippen LogP contribution >= 0.6 is 23.5 Å². The zero-order chi connectivity index (χ0) is 11.4. The van der Waals surface area contributed by atoms with Crippen molar-refractivity contribution in [3.8, 4) is 0 Å². The van der Waals surface area contributed by atoms with Crippen molar-refractivity contribution < 1.29 is 0 Å². The quantitative estimate of drug-likeness (QED) is 0.839. The Kier molecular flexibility index (Phi) is 4.48. The van der Waals surface area contributed by atoms with Crippen molar-refractivity contribution in [2.24, 2.45) is 10.9 Å². The van der Waals surface area contributed by atoms with Gasteiger partial charge in [0, 0.05) is 17.8 Å². The smallest absolute Gasteiger partial charge is 0.157 e. The number of aliphatic imine (C=N–C) groups is 1. The van der Waals surface area contributed by atoms with Gasteiger partial charge >= 0.3 is 0 Å². The monoisotopic (exact) mass is 258 g/mol. The average Bonchev–Trinajstić information content (AvgIpc) is 2.96. The van der Waals surface area contributed by atoms with Gasteiger partial charge in [-0.1, -0.05) is 25.6 Å². The molecule has 0 bridgehead atoms. The van der Waals surface area contributed by atoms with Gasteiger partial charge < -0.3 is 5.32 Å². The van der Waals surface area contributed by atoms with Gasteiger partial charge in [-0.3, -0.25) is 4.99 Å². The Bertz CT molecular complexity index is 256. The minimum atomic E-state index is 0.327. The molecule has 0 aromatic rings. The Morgan fingerprint density at radius 3 is 2.81 bits per heavy atom.